The molecule has 3 aliphatic carbocycles. The molecule has 0 spiro atoms. The average Bonchev–Trinajstić information content (AvgIpc) is 2.81. The SMILES string of the molecule is C=C1[C@@H]2[C@H]1CCC1=CCC[C@H](C)[C@@]12C. The average molecular weight is 188 g/mol. The first-order chi connectivity index (χ1) is 6.65. The lowest BCUT2D eigenvalue weighted by atomic mass is 9.60. The van der Waals surface area contributed by atoms with Crippen molar-refractivity contribution >= 4 is 0 Å². The van der Waals surface area contributed by atoms with Crippen molar-refractivity contribution in [3.63, 3.8) is 0 Å². The third-order valence-corrected chi connectivity index (χ3v) is 5.25. The molecule has 0 aromatic carbocycles. The van der Waals surface area contributed by atoms with E-state index in [1.54, 1.807) is 11.1 Å². The van der Waals surface area contributed by atoms with Gasteiger partial charge in [-0.1, -0.05) is 37.6 Å². The zero-order chi connectivity index (χ0) is 9.92. The van der Waals surface area contributed by atoms with Crippen LogP contribution in [0.25, 0.3) is 0 Å². The van der Waals surface area contributed by atoms with Gasteiger partial charge < -0.3 is 0 Å². The molecule has 0 bridgehead atoms. The van der Waals surface area contributed by atoms with Crippen LogP contribution < -0.4 is 0 Å². The van der Waals surface area contributed by atoms with Crippen LogP contribution in [0.15, 0.2) is 23.8 Å². The van der Waals surface area contributed by atoms with Gasteiger partial charge in [-0.3, -0.25) is 0 Å². The molecule has 0 N–H and O–H groups in total. The van der Waals surface area contributed by atoms with Crippen molar-refractivity contribution < 1.29 is 0 Å². The quantitative estimate of drug-likeness (QED) is 0.505. The molecule has 3 aliphatic rings. The summed E-state index contributed by atoms with van der Waals surface area (Å²) in [7, 11) is 0. The Balaban J connectivity index is 2.05. The number of hydrogen-bond acceptors (Lipinski definition) is 0. The second kappa shape index (κ2) is 2.53. The molecule has 76 valence electrons. The third-order valence-electron chi connectivity index (χ3n) is 5.25. The summed E-state index contributed by atoms with van der Waals surface area (Å²) in [6.45, 7) is 9.20. The highest BCUT2D eigenvalue weighted by Crippen LogP contribution is 2.68. The van der Waals surface area contributed by atoms with Crippen molar-refractivity contribution in [3.05, 3.63) is 23.8 Å². The molecule has 0 heterocycles. The van der Waals surface area contributed by atoms with Crippen molar-refractivity contribution in [3.8, 4) is 0 Å². The van der Waals surface area contributed by atoms with Crippen LogP contribution >= 0.6 is 0 Å². The van der Waals surface area contributed by atoms with Crippen LogP contribution in [0.5, 0.6) is 0 Å². The molecule has 0 aliphatic heterocycles. The molecule has 0 nitrogen and oxygen atoms in total. The Hall–Kier alpha value is -0.520. The summed E-state index contributed by atoms with van der Waals surface area (Å²) in [6, 6.07) is 0. The van der Waals surface area contributed by atoms with E-state index in [4.69, 9.17) is 0 Å². The van der Waals surface area contributed by atoms with Crippen LogP contribution in [-0.2, 0) is 0 Å². The number of allylic oxidation sites excluding steroid dienone is 3. The first-order valence-corrected chi connectivity index (χ1v) is 6.04. The minimum atomic E-state index is 0.498. The van der Waals surface area contributed by atoms with E-state index in [0.717, 1.165) is 17.8 Å². The Morgan fingerprint density at radius 2 is 2.21 bits per heavy atom. The first kappa shape index (κ1) is 8.76. The third kappa shape index (κ3) is 0.852. The van der Waals surface area contributed by atoms with E-state index < -0.39 is 0 Å². The molecule has 0 radical (unpaired) electrons. The summed E-state index contributed by atoms with van der Waals surface area (Å²) >= 11 is 0. The van der Waals surface area contributed by atoms with Crippen LogP contribution in [-0.4, -0.2) is 0 Å². The van der Waals surface area contributed by atoms with Gasteiger partial charge in [-0.15, -0.1) is 0 Å². The largest absolute Gasteiger partial charge is 0.0992 e. The van der Waals surface area contributed by atoms with Gasteiger partial charge in [-0.25, -0.2) is 0 Å². The van der Waals surface area contributed by atoms with E-state index in [1.807, 2.05) is 0 Å². The summed E-state index contributed by atoms with van der Waals surface area (Å²) in [5.74, 6) is 2.60. The predicted octanol–water partition coefficient (Wildman–Crippen LogP) is 3.95. The van der Waals surface area contributed by atoms with E-state index in [-0.39, 0.29) is 0 Å². The van der Waals surface area contributed by atoms with Crippen LogP contribution in [0.3, 0.4) is 0 Å². The topological polar surface area (TPSA) is 0 Å². The Labute approximate surface area is 87.1 Å². The van der Waals surface area contributed by atoms with Gasteiger partial charge in [0.05, 0.1) is 0 Å². The van der Waals surface area contributed by atoms with Crippen LogP contribution in [0.1, 0.15) is 39.5 Å². The van der Waals surface area contributed by atoms with E-state index in [0.29, 0.717) is 5.41 Å². The Bertz CT molecular complexity index is 323. The lowest BCUT2D eigenvalue weighted by Crippen LogP contribution is -2.35. The second-order valence-electron chi connectivity index (χ2n) is 5.69. The lowest BCUT2D eigenvalue weighted by molar-refractivity contribution is 0.161. The summed E-state index contributed by atoms with van der Waals surface area (Å²) in [6.07, 6.45) is 7.97. The molecule has 0 aromatic rings. The molecule has 0 unspecified atom stereocenters. The lowest BCUT2D eigenvalue weighted by Gasteiger charge is -2.44. The standard InChI is InChI=1S/C14H20/c1-9-5-4-6-11-7-8-12-10(2)13(12)14(9,11)3/h6,9,12-13H,2,4-5,7-8H2,1,3H3/t9-,12-,13+,14-/m0/s1. The number of fused-ring (bicyclic) bond motifs is 3. The van der Waals surface area contributed by atoms with Gasteiger partial charge >= 0.3 is 0 Å². The van der Waals surface area contributed by atoms with Gasteiger partial charge in [-0.05, 0) is 48.9 Å². The molecule has 0 amide bonds. The fourth-order valence-electron chi connectivity index (χ4n) is 4.06. The molecule has 0 heteroatoms. The Morgan fingerprint density at radius 1 is 1.43 bits per heavy atom. The maximum atomic E-state index is 4.25. The summed E-state index contributed by atoms with van der Waals surface area (Å²) in [5, 5.41) is 0. The zero-order valence-corrected chi connectivity index (χ0v) is 9.34. The number of hydrogen-bond donors (Lipinski definition) is 0. The molecular formula is C14H20. The molecule has 0 aromatic heterocycles. The molecule has 0 saturated heterocycles. The molecule has 14 heavy (non-hydrogen) atoms. The van der Waals surface area contributed by atoms with Gasteiger partial charge in [0.1, 0.15) is 0 Å². The maximum absolute atomic E-state index is 4.25. The molecule has 2 saturated carbocycles. The fraction of sp³-hybridized carbons (Fsp3) is 0.714. The summed E-state index contributed by atoms with van der Waals surface area (Å²) in [5.41, 5.74) is 3.82. The highest BCUT2D eigenvalue weighted by atomic mass is 14.6. The summed E-state index contributed by atoms with van der Waals surface area (Å²) < 4.78 is 0. The fourth-order valence-corrected chi connectivity index (χ4v) is 4.06. The van der Waals surface area contributed by atoms with Crippen molar-refractivity contribution in [1.82, 2.24) is 0 Å². The van der Waals surface area contributed by atoms with Crippen molar-refractivity contribution in [2.45, 2.75) is 39.5 Å². The first-order valence-electron chi connectivity index (χ1n) is 6.04. The Morgan fingerprint density at radius 3 is 3.00 bits per heavy atom. The number of rotatable bonds is 0. The van der Waals surface area contributed by atoms with E-state index in [2.05, 4.69) is 26.5 Å². The van der Waals surface area contributed by atoms with Gasteiger partial charge in [-0.2, -0.15) is 0 Å². The maximum Gasteiger partial charge on any atom is -0.00195 e. The zero-order valence-electron chi connectivity index (χ0n) is 9.34. The van der Waals surface area contributed by atoms with Gasteiger partial charge in [0, 0.05) is 0 Å². The van der Waals surface area contributed by atoms with Gasteiger partial charge in [0.15, 0.2) is 0 Å². The van der Waals surface area contributed by atoms with Crippen molar-refractivity contribution in [2.75, 3.05) is 0 Å². The van der Waals surface area contributed by atoms with Crippen molar-refractivity contribution in [1.29, 1.82) is 0 Å². The van der Waals surface area contributed by atoms with E-state index >= 15 is 0 Å². The smallest absolute Gasteiger partial charge is 0.00195 e. The minimum absolute atomic E-state index is 0.498. The van der Waals surface area contributed by atoms with Crippen molar-refractivity contribution in [2.24, 2.45) is 23.2 Å². The van der Waals surface area contributed by atoms with Crippen LogP contribution in [0, 0.1) is 23.2 Å². The predicted molar refractivity (Wildman–Crippen MR) is 59.9 cm³/mol. The second-order valence-corrected chi connectivity index (χ2v) is 5.69. The minimum Gasteiger partial charge on any atom is -0.0992 e. The van der Waals surface area contributed by atoms with Crippen LogP contribution in [0.2, 0.25) is 0 Å². The normalized spacial score (nSPS) is 50.6. The van der Waals surface area contributed by atoms with Gasteiger partial charge in [0.2, 0.25) is 0 Å². The van der Waals surface area contributed by atoms with E-state index in [9.17, 15) is 0 Å². The molecule has 2 fully saturated rings. The summed E-state index contributed by atoms with van der Waals surface area (Å²) in [4.78, 5) is 0. The molecular weight excluding hydrogens is 168 g/mol. The monoisotopic (exact) mass is 188 g/mol. The van der Waals surface area contributed by atoms with Crippen LogP contribution in [0.4, 0.5) is 0 Å². The van der Waals surface area contributed by atoms with Gasteiger partial charge in [0.25, 0.3) is 0 Å². The highest BCUT2D eigenvalue weighted by Gasteiger charge is 2.59. The Kier molecular flexibility index (Phi) is 1.59. The van der Waals surface area contributed by atoms with E-state index in [1.165, 1.54) is 25.7 Å². The highest BCUT2D eigenvalue weighted by molar-refractivity contribution is 5.40. The molecule has 3 rings (SSSR count). The molecule has 4 atom stereocenters.